The molecule has 4 aliphatic rings. The highest BCUT2D eigenvalue weighted by atomic mass is 32.1. The number of ketones is 4. The summed E-state index contributed by atoms with van der Waals surface area (Å²) in [6.07, 6.45) is 6.07. The summed E-state index contributed by atoms with van der Waals surface area (Å²) < 4.78 is 4.97. The number of allylic oxidation sites excluding steroid dienone is 7. The van der Waals surface area contributed by atoms with Gasteiger partial charge < -0.3 is 0 Å². The van der Waals surface area contributed by atoms with E-state index in [4.69, 9.17) is 0 Å². The minimum absolute atomic E-state index is 0.230. The lowest BCUT2D eigenvalue weighted by Gasteiger charge is -2.25. The molecule has 45 heavy (non-hydrogen) atoms. The minimum atomic E-state index is -0.441. The number of benzene rings is 2. The molecule has 7 heteroatoms. The molecule has 0 saturated heterocycles. The van der Waals surface area contributed by atoms with Gasteiger partial charge in [0.15, 0.2) is 0 Å². The quantitative estimate of drug-likeness (QED) is 0.142. The highest BCUT2D eigenvalue weighted by molar-refractivity contribution is 7.39. The number of carbonyl (C=O) groups is 4. The molecule has 0 spiro atoms. The van der Waals surface area contributed by atoms with Crippen molar-refractivity contribution in [2.75, 3.05) is 0 Å². The summed E-state index contributed by atoms with van der Waals surface area (Å²) in [6.45, 7) is 9.00. The van der Waals surface area contributed by atoms with Crippen LogP contribution in [0.4, 0.5) is 0 Å². The number of fused-ring (bicyclic) bond motifs is 8. The number of Topliss-reactive ketones (excluding diaryl/α,β-unsaturated/α-hetero) is 4. The predicted octanol–water partition coefficient (Wildman–Crippen LogP) is 9.34. The van der Waals surface area contributed by atoms with Crippen LogP contribution in [0.5, 0.6) is 0 Å². The lowest BCUT2D eigenvalue weighted by Crippen LogP contribution is -2.15. The Labute approximate surface area is 270 Å². The van der Waals surface area contributed by atoms with Crippen LogP contribution in [0.2, 0.25) is 0 Å². The fourth-order valence-corrected chi connectivity index (χ4v) is 12.3. The zero-order chi connectivity index (χ0) is 31.2. The molecule has 2 aromatic carbocycles. The van der Waals surface area contributed by atoms with Crippen LogP contribution in [0, 0.1) is 5.41 Å². The molecule has 0 aliphatic heterocycles. The summed E-state index contributed by atoms with van der Waals surface area (Å²) in [5, 5.41) is 0. The van der Waals surface area contributed by atoms with Crippen molar-refractivity contribution in [2.24, 2.45) is 5.41 Å². The third-order valence-corrected chi connectivity index (χ3v) is 13.7. The van der Waals surface area contributed by atoms with Crippen LogP contribution >= 0.6 is 34.0 Å². The molecule has 4 nitrogen and oxygen atoms in total. The second-order valence-corrected chi connectivity index (χ2v) is 16.2. The smallest absolute Gasteiger partial charge is 0.234 e. The fraction of sp³-hybridized carbons (Fsp3) is 0.158. The largest absolute Gasteiger partial charge is 0.285 e. The molecule has 0 unspecified atom stereocenters. The lowest BCUT2D eigenvalue weighted by atomic mass is 9.79. The van der Waals surface area contributed by atoms with E-state index in [0.29, 0.717) is 33.4 Å². The van der Waals surface area contributed by atoms with Crippen LogP contribution in [-0.2, 0) is 15.0 Å². The normalized spacial score (nSPS) is 21.1. The molecule has 0 saturated carbocycles. The molecule has 9 rings (SSSR count). The first-order valence-electron chi connectivity index (χ1n) is 14.8. The van der Waals surface area contributed by atoms with Crippen molar-refractivity contribution in [3.8, 4) is 0 Å². The molecular weight excluding hydrogens is 617 g/mol. The standard InChI is InChI=1S/C38H24O4S3/c1-37(2)17(13-23-19-9-5-7-11-21(19)29(39)31(23)41)14-25-27(37)34-28(38(25,3)4)35-36(45-34)33-26(44-35)16-18(43-33)15-24-20-10-6-8-12-22(20)30(40)32(24)42/h5-16H,1-4H3/b23-13-,24-15-. The molecule has 0 fully saturated rings. The van der Waals surface area contributed by atoms with Crippen molar-refractivity contribution in [3.05, 3.63) is 115 Å². The van der Waals surface area contributed by atoms with Crippen molar-refractivity contribution in [2.45, 2.75) is 33.1 Å². The Morgan fingerprint density at radius 3 is 1.80 bits per heavy atom. The first-order valence-corrected chi connectivity index (χ1v) is 17.2. The molecule has 0 bridgehead atoms. The van der Waals surface area contributed by atoms with E-state index >= 15 is 0 Å². The van der Waals surface area contributed by atoms with Crippen LogP contribution in [0.15, 0.2) is 77.9 Å². The third kappa shape index (κ3) is 3.35. The van der Waals surface area contributed by atoms with Crippen LogP contribution < -0.4 is 0 Å². The summed E-state index contributed by atoms with van der Waals surface area (Å²) in [4.78, 5) is 53.4. The Balaban J connectivity index is 1.14. The van der Waals surface area contributed by atoms with Gasteiger partial charge in [0.05, 0.1) is 14.1 Å². The minimum Gasteiger partial charge on any atom is -0.285 e. The molecule has 0 radical (unpaired) electrons. The summed E-state index contributed by atoms with van der Waals surface area (Å²) in [7, 11) is 0. The monoisotopic (exact) mass is 640 g/mol. The van der Waals surface area contributed by atoms with Crippen LogP contribution in [0.3, 0.4) is 0 Å². The van der Waals surface area contributed by atoms with Gasteiger partial charge in [-0.3, -0.25) is 19.2 Å². The van der Waals surface area contributed by atoms with Gasteiger partial charge in [-0.15, -0.1) is 34.0 Å². The average molecular weight is 641 g/mol. The highest BCUT2D eigenvalue weighted by Gasteiger charge is 2.50. The van der Waals surface area contributed by atoms with E-state index in [0.717, 1.165) is 10.5 Å². The van der Waals surface area contributed by atoms with Crippen molar-refractivity contribution in [3.63, 3.8) is 0 Å². The van der Waals surface area contributed by atoms with Gasteiger partial charge in [-0.1, -0.05) is 82.3 Å². The third-order valence-electron chi connectivity index (χ3n) is 9.85. The van der Waals surface area contributed by atoms with Crippen LogP contribution in [0.25, 0.3) is 41.6 Å². The van der Waals surface area contributed by atoms with E-state index in [9.17, 15) is 19.2 Å². The van der Waals surface area contributed by atoms with Crippen molar-refractivity contribution >= 4 is 98.7 Å². The van der Waals surface area contributed by atoms with Crippen molar-refractivity contribution in [1.82, 2.24) is 0 Å². The van der Waals surface area contributed by atoms with E-state index in [1.54, 1.807) is 46.9 Å². The lowest BCUT2D eigenvalue weighted by molar-refractivity contribution is -0.110. The van der Waals surface area contributed by atoms with Gasteiger partial charge in [-0.25, -0.2) is 0 Å². The average Bonchev–Trinajstić information content (AvgIpc) is 3.83. The number of hydrogen-bond donors (Lipinski definition) is 0. The second-order valence-electron chi connectivity index (χ2n) is 13.1. The number of thiophene rings is 3. The first kappa shape index (κ1) is 27.0. The molecule has 3 aromatic heterocycles. The summed E-state index contributed by atoms with van der Waals surface area (Å²) in [6, 6.07) is 16.6. The highest BCUT2D eigenvalue weighted by Crippen LogP contribution is 2.65. The van der Waals surface area contributed by atoms with Gasteiger partial charge >= 0.3 is 0 Å². The Hall–Kier alpha value is -4.30. The molecule has 218 valence electrons. The molecule has 0 N–H and O–H groups in total. The Bertz CT molecular complexity index is 2440. The topological polar surface area (TPSA) is 68.3 Å². The van der Waals surface area contributed by atoms with Crippen LogP contribution in [0.1, 0.15) is 74.9 Å². The van der Waals surface area contributed by atoms with E-state index < -0.39 is 23.1 Å². The molecule has 4 aliphatic carbocycles. The Morgan fingerprint density at radius 2 is 1.18 bits per heavy atom. The zero-order valence-electron chi connectivity index (χ0n) is 24.8. The molecule has 5 aromatic rings. The van der Waals surface area contributed by atoms with Crippen molar-refractivity contribution in [1.29, 1.82) is 0 Å². The SMILES string of the molecule is CC1(C)C(/C=C2\C(=O)C(=O)c3ccccc32)=CC2=C1c1sc3c(sc4cc(/C=C5\C(=O)C(=O)c6ccccc65)sc43)c1C2(C)C. The van der Waals surface area contributed by atoms with E-state index in [-0.39, 0.29) is 10.8 Å². The van der Waals surface area contributed by atoms with Gasteiger partial charge in [0, 0.05) is 47.6 Å². The van der Waals surface area contributed by atoms with Gasteiger partial charge in [0.25, 0.3) is 0 Å². The maximum atomic E-state index is 13.1. The van der Waals surface area contributed by atoms with Gasteiger partial charge in [-0.2, -0.15) is 0 Å². The second kappa shape index (κ2) is 8.69. The Kier molecular flexibility index (Phi) is 5.23. The van der Waals surface area contributed by atoms with E-state index in [2.05, 4.69) is 39.8 Å². The summed E-state index contributed by atoms with van der Waals surface area (Å²) >= 11 is 5.30. The molecule has 0 atom stereocenters. The van der Waals surface area contributed by atoms with E-state index in [1.807, 2.05) is 47.8 Å². The first-order chi connectivity index (χ1) is 21.5. The predicted molar refractivity (Wildman–Crippen MR) is 184 cm³/mol. The van der Waals surface area contributed by atoms with Gasteiger partial charge in [-0.05, 0) is 51.6 Å². The summed E-state index contributed by atoms with van der Waals surface area (Å²) in [5.74, 6) is -1.75. The molecule has 0 amide bonds. The Morgan fingerprint density at radius 1 is 0.600 bits per heavy atom. The maximum absolute atomic E-state index is 13.1. The fourth-order valence-electron chi connectivity index (χ4n) is 7.51. The van der Waals surface area contributed by atoms with Gasteiger partial charge in [0.2, 0.25) is 23.1 Å². The van der Waals surface area contributed by atoms with E-state index in [1.165, 1.54) is 40.4 Å². The maximum Gasteiger partial charge on any atom is 0.234 e. The number of carbonyl (C=O) groups excluding carboxylic acids is 4. The number of hydrogen-bond acceptors (Lipinski definition) is 7. The zero-order valence-corrected chi connectivity index (χ0v) is 27.2. The summed E-state index contributed by atoms with van der Waals surface area (Å²) in [5.41, 5.74) is 7.72. The van der Waals surface area contributed by atoms with Crippen LogP contribution in [-0.4, -0.2) is 23.1 Å². The van der Waals surface area contributed by atoms with Crippen molar-refractivity contribution < 1.29 is 19.2 Å². The number of rotatable bonds is 2. The van der Waals surface area contributed by atoms with Gasteiger partial charge in [0.1, 0.15) is 0 Å². The molecular formula is C38H24O4S3. The molecule has 3 heterocycles.